The van der Waals surface area contributed by atoms with Gasteiger partial charge in [-0.2, -0.15) is 5.26 Å². The molecule has 0 unspecified atom stereocenters. The van der Waals surface area contributed by atoms with E-state index in [0.717, 1.165) is 10.5 Å². The standard InChI is InChI=1S/C16H14N2O2S/c17-9-13-3-1-2-4-15(13)18-16(20)11-21-14-7-5-12(10-19)6-8-14/h1-8,19H,10-11H2,(H,18,20). The molecule has 5 heteroatoms. The molecule has 0 saturated carbocycles. The van der Waals surface area contributed by atoms with Gasteiger partial charge in [0.15, 0.2) is 0 Å². The number of benzene rings is 2. The molecule has 2 aromatic carbocycles. The Morgan fingerprint density at radius 2 is 1.90 bits per heavy atom. The number of hydrogen-bond acceptors (Lipinski definition) is 4. The van der Waals surface area contributed by atoms with Crippen LogP contribution in [0.3, 0.4) is 0 Å². The number of thioether (sulfide) groups is 1. The van der Waals surface area contributed by atoms with Crippen LogP contribution in [0.2, 0.25) is 0 Å². The molecule has 0 spiro atoms. The van der Waals surface area contributed by atoms with Gasteiger partial charge in [0.05, 0.1) is 23.6 Å². The summed E-state index contributed by atoms with van der Waals surface area (Å²) in [6, 6.07) is 16.3. The molecular formula is C16H14N2O2S. The summed E-state index contributed by atoms with van der Waals surface area (Å²) in [6.07, 6.45) is 0. The van der Waals surface area contributed by atoms with E-state index in [0.29, 0.717) is 11.3 Å². The number of nitrogens with zero attached hydrogens (tertiary/aromatic N) is 1. The van der Waals surface area contributed by atoms with Crippen molar-refractivity contribution in [3.63, 3.8) is 0 Å². The zero-order valence-electron chi connectivity index (χ0n) is 11.2. The topological polar surface area (TPSA) is 73.1 Å². The maximum atomic E-state index is 11.9. The van der Waals surface area contributed by atoms with Gasteiger partial charge in [0.1, 0.15) is 6.07 Å². The predicted octanol–water partition coefficient (Wildman–Crippen LogP) is 2.78. The highest BCUT2D eigenvalue weighted by molar-refractivity contribution is 8.00. The molecule has 0 aromatic heterocycles. The molecule has 0 aliphatic rings. The summed E-state index contributed by atoms with van der Waals surface area (Å²) in [5.74, 6) is 0.104. The van der Waals surface area contributed by atoms with Crippen molar-refractivity contribution in [2.45, 2.75) is 11.5 Å². The number of para-hydroxylation sites is 1. The molecule has 0 fully saturated rings. The average Bonchev–Trinajstić information content (AvgIpc) is 2.54. The molecule has 0 aliphatic heterocycles. The third-order valence-electron chi connectivity index (χ3n) is 2.80. The minimum absolute atomic E-state index is 0.0103. The maximum Gasteiger partial charge on any atom is 0.234 e. The van der Waals surface area contributed by atoms with Crippen LogP contribution in [-0.4, -0.2) is 16.8 Å². The smallest absolute Gasteiger partial charge is 0.234 e. The minimum Gasteiger partial charge on any atom is -0.392 e. The van der Waals surface area contributed by atoms with Gasteiger partial charge in [-0.1, -0.05) is 24.3 Å². The summed E-state index contributed by atoms with van der Waals surface area (Å²) in [7, 11) is 0. The Balaban J connectivity index is 1.91. The summed E-state index contributed by atoms with van der Waals surface area (Å²) >= 11 is 1.40. The molecule has 0 saturated heterocycles. The van der Waals surface area contributed by atoms with Crippen molar-refractivity contribution in [2.75, 3.05) is 11.1 Å². The molecule has 2 aromatic rings. The SMILES string of the molecule is N#Cc1ccccc1NC(=O)CSc1ccc(CO)cc1. The van der Waals surface area contributed by atoms with E-state index in [1.807, 2.05) is 30.3 Å². The van der Waals surface area contributed by atoms with Gasteiger partial charge >= 0.3 is 0 Å². The lowest BCUT2D eigenvalue weighted by Gasteiger charge is -2.07. The number of nitriles is 1. The number of aliphatic hydroxyl groups is 1. The molecule has 0 heterocycles. The lowest BCUT2D eigenvalue weighted by molar-refractivity contribution is -0.113. The molecule has 0 aliphatic carbocycles. The Labute approximate surface area is 127 Å². The Morgan fingerprint density at radius 3 is 2.57 bits per heavy atom. The highest BCUT2D eigenvalue weighted by atomic mass is 32.2. The van der Waals surface area contributed by atoms with E-state index in [9.17, 15) is 4.79 Å². The molecular weight excluding hydrogens is 284 g/mol. The van der Waals surface area contributed by atoms with Gasteiger partial charge in [-0.25, -0.2) is 0 Å². The fourth-order valence-corrected chi connectivity index (χ4v) is 2.41. The van der Waals surface area contributed by atoms with Crippen LogP contribution in [-0.2, 0) is 11.4 Å². The molecule has 2 rings (SSSR count). The Hall–Kier alpha value is -2.29. The minimum atomic E-state index is -0.158. The van der Waals surface area contributed by atoms with Crippen LogP contribution in [0.15, 0.2) is 53.4 Å². The van der Waals surface area contributed by atoms with Crippen molar-refractivity contribution in [3.8, 4) is 6.07 Å². The number of nitrogens with one attached hydrogen (secondary N) is 1. The van der Waals surface area contributed by atoms with Crippen molar-refractivity contribution < 1.29 is 9.90 Å². The number of rotatable bonds is 5. The summed E-state index contributed by atoms with van der Waals surface area (Å²) in [5, 5.41) is 20.7. The summed E-state index contributed by atoms with van der Waals surface area (Å²) < 4.78 is 0. The maximum absolute atomic E-state index is 11.9. The van der Waals surface area contributed by atoms with Crippen LogP contribution >= 0.6 is 11.8 Å². The second-order valence-electron chi connectivity index (χ2n) is 4.30. The van der Waals surface area contributed by atoms with Gasteiger partial charge < -0.3 is 10.4 Å². The van der Waals surface area contributed by atoms with Gasteiger partial charge in [0.25, 0.3) is 0 Å². The van der Waals surface area contributed by atoms with E-state index in [1.165, 1.54) is 11.8 Å². The number of carbonyl (C=O) groups is 1. The van der Waals surface area contributed by atoms with Crippen LogP contribution in [0.4, 0.5) is 5.69 Å². The molecule has 0 radical (unpaired) electrons. The predicted molar refractivity (Wildman–Crippen MR) is 82.9 cm³/mol. The number of aliphatic hydroxyl groups excluding tert-OH is 1. The lowest BCUT2D eigenvalue weighted by atomic mass is 10.2. The summed E-state index contributed by atoms with van der Waals surface area (Å²) in [4.78, 5) is 12.9. The zero-order chi connectivity index (χ0) is 15.1. The Bertz CT molecular complexity index is 663. The first-order valence-electron chi connectivity index (χ1n) is 6.34. The third-order valence-corrected chi connectivity index (χ3v) is 3.81. The molecule has 0 atom stereocenters. The fourth-order valence-electron chi connectivity index (χ4n) is 1.72. The molecule has 21 heavy (non-hydrogen) atoms. The molecule has 106 valence electrons. The van der Waals surface area contributed by atoms with Gasteiger partial charge in [0, 0.05) is 4.90 Å². The highest BCUT2D eigenvalue weighted by Crippen LogP contribution is 2.19. The van der Waals surface area contributed by atoms with Crippen LogP contribution in [0.25, 0.3) is 0 Å². The number of amides is 1. The van der Waals surface area contributed by atoms with E-state index < -0.39 is 0 Å². The lowest BCUT2D eigenvalue weighted by Crippen LogP contribution is -2.14. The van der Waals surface area contributed by atoms with Crippen molar-refractivity contribution in [1.82, 2.24) is 0 Å². The van der Waals surface area contributed by atoms with Gasteiger partial charge in [0.2, 0.25) is 5.91 Å². The van der Waals surface area contributed by atoms with Gasteiger partial charge in [-0.05, 0) is 29.8 Å². The van der Waals surface area contributed by atoms with Crippen molar-refractivity contribution in [1.29, 1.82) is 5.26 Å². The highest BCUT2D eigenvalue weighted by Gasteiger charge is 2.07. The first kappa shape index (κ1) is 15.1. The van der Waals surface area contributed by atoms with E-state index >= 15 is 0 Å². The summed E-state index contributed by atoms with van der Waals surface area (Å²) in [5.41, 5.74) is 1.82. The quantitative estimate of drug-likeness (QED) is 0.833. The van der Waals surface area contributed by atoms with Crippen LogP contribution in [0.1, 0.15) is 11.1 Å². The van der Waals surface area contributed by atoms with Crippen LogP contribution < -0.4 is 5.32 Å². The van der Waals surface area contributed by atoms with Crippen molar-refractivity contribution in [2.24, 2.45) is 0 Å². The largest absolute Gasteiger partial charge is 0.392 e. The first-order valence-corrected chi connectivity index (χ1v) is 7.33. The van der Waals surface area contributed by atoms with E-state index in [2.05, 4.69) is 5.32 Å². The number of anilines is 1. The zero-order valence-corrected chi connectivity index (χ0v) is 12.1. The van der Waals surface area contributed by atoms with E-state index in [4.69, 9.17) is 10.4 Å². The molecule has 2 N–H and O–H groups in total. The normalized spacial score (nSPS) is 9.90. The number of carbonyl (C=O) groups excluding carboxylic acids is 1. The molecule has 0 bridgehead atoms. The van der Waals surface area contributed by atoms with Gasteiger partial charge in [-0.3, -0.25) is 4.79 Å². The van der Waals surface area contributed by atoms with Crippen molar-refractivity contribution in [3.05, 3.63) is 59.7 Å². The fraction of sp³-hybridized carbons (Fsp3) is 0.125. The van der Waals surface area contributed by atoms with Crippen LogP contribution in [0.5, 0.6) is 0 Å². The summed E-state index contributed by atoms with van der Waals surface area (Å²) in [6.45, 7) is 0.0103. The average molecular weight is 298 g/mol. The Kier molecular flexibility index (Phi) is 5.38. The van der Waals surface area contributed by atoms with Crippen LogP contribution in [0, 0.1) is 11.3 Å². The molecule has 4 nitrogen and oxygen atoms in total. The van der Waals surface area contributed by atoms with E-state index in [-0.39, 0.29) is 18.3 Å². The van der Waals surface area contributed by atoms with Gasteiger partial charge in [-0.15, -0.1) is 11.8 Å². The Morgan fingerprint density at radius 1 is 1.19 bits per heavy atom. The molecule has 1 amide bonds. The van der Waals surface area contributed by atoms with Crippen molar-refractivity contribution >= 4 is 23.4 Å². The first-order chi connectivity index (χ1) is 10.2. The second-order valence-corrected chi connectivity index (χ2v) is 5.35. The van der Waals surface area contributed by atoms with E-state index in [1.54, 1.807) is 24.3 Å². The second kappa shape index (κ2) is 7.48. The third kappa shape index (κ3) is 4.35. The monoisotopic (exact) mass is 298 g/mol. The number of hydrogen-bond donors (Lipinski definition) is 2.